The van der Waals surface area contributed by atoms with E-state index in [2.05, 4.69) is 9.82 Å². The highest BCUT2D eigenvalue weighted by molar-refractivity contribution is 7.92. The molecule has 7 heteroatoms. The number of benzene rings is 3. The second-order valence-corrected chi connectivity index (χ2v) is 8.64. The van der Waals surface area contributed by atoms with Crippen LogP contribution in [0.2, 0.25) is 0 Å². The summed E-state index contributed by atoms with van der Waals surface area (Å²) in [5, 5.41) is 4.45. The summed E-state index contributed by atoms with van der Waals surface area (Å²) in [6.45, 7) is 2.13. The van der Waals surface area contributed by atoms with Crippen LogP contribution in [0.15, 0.2) is 90.0 Å². The van der Waals surface area contributed by atoms with Gasteiger partial charge in [-0.1, -0.05) is 60.7 Å². The third-order valence-electron chi connectivity index (χ3n) is 4.72. The van der Waals surface area contributed by atoms with Crippen LogP contribution in [0, 0.1) is 12.7 Å². The molecule has 4 aromatic rings. The second kappa shape index (κ2) is 8.12. The van der Waals surface area contributed by atoms with Gasteiger partial charge in [-0.05, 0) is 41.8 Å². The molecule has 0 fully saturated rings. The average Bonchev–Trinajstić information content (AvgIpc) is 3.13. The van der Waals surface area contributed by atoms with E-state index in [1.54, 1.807) is 48.1 Å². The molecule has 0 aliphatic carbocycles. The number of nitrogens with one attached hydrogen (secondary N) is 1. The molecule has 152 valence electrons. The van der Waals surface area contributed by atoms with Crippen LogP contribution < -0.4 is 4.72 Å². The molecule has 0 saturated heterocycles. The fourth-order valence-corrected chi connectivity index (χ4v) is 4.14. The molecule has 0 spiro atoms. The van der Waals surface area contributed by atoms with Crippen LogP contribution in [-0.2, 0) is 16.6 Å². The van der Waals surface area contributed by atoms with Crippen LogP contribution in [0.3, 0.4) is 0 Å². The van der Waals surface area contributed by atoms with Gasteiger partial charge in [-0.2, -0.15) is 5.10 Å². The predicted molar refractivity (Wildman–Crippen MR) is 115 cm³/mol. The minimum atomic E-state index is -3.84. The lowest BCUT2D eigenvalue weighted by Crippen LogP contribution is -2.14. The lowest BCUT2D eigenvalue weighted by Gasteiger charge is -2.08. The molecule has 30 heavy (non-hydrogen) atoms. The Hall–Kier alpha value is -3.45. The lowest BCUT2D eigenvalue weighted by atomic mass is 10.1. The van der Waals surface area contributed by atoms with E-state index in [9.17, 15) is 12.8 Å². The van der Waals surface area contributed by atoms with Gasteiger partial charge in [0.2, 0.25) is 0 Å². The van der Waals surface area contributed by atoms with Gasteiger partial charge >= 0.3 is 0 Å². The first-order chi connectivity index (χ1) is 14.4. The van der Waals surface area contributed by atoms with Crippen LogP contribution in [0.1, 0.15) is 11.1 Å². The number of rotatable bonds is 6. The normalized spacial score (nSPS) is 11.4. The van der Waals surface area contributed by atoms with Crippen LogP contribution in [0.25, 0.3) is 11.1 Å². The number of sulfonamides is 1. The number of hydrogen-bond donors (Lipinski definition) is 1. The molecule has 1 aromatic heterocycles. The minimum Gasteiger partial charge on any atom is -0.266 e. The number of aromatic nitrogens is 2. The lowest BCUT2D eigenvalue weighted by molar-refractivity contribution is 0.600. The maximum absolute atomic E-state index is 14.2. The van der Waals surface area contributed by atoms with Crippen molar-refractivity contribution in [3.8, 4) is 11.1 Å². The first kappa shape index (κ1) is 19.8. The molecule has 1 N–H and O–H groups in total. The Kier molecular flexibility index (Phi) is 5.37. The highest BCUT2D eigenvalue weighted by Gasteiger charge is 2.20. The Labute approximate surface area is 174 Å². The Morgan fingerprint density at radius 3 is 2.30 bits per heavy atom. The Balaban J connectivity index is 1.76. The van der Waals surface area contributed by atoms with Gasteiger partial charge in [-0.3, -0.25) is 9.40 Å². The van der Waals surface area contributed by atoms with Gasteiger partial charge in [0.25, 0.3) is 10.0 Å². The van der Waals surface area contributed by atoms with Gasteiger partial charge in [0, 0.05) is 11.8 Å². The minimum absolute atomic E-state index is 0.128. The smallest absolute Gasteiger partial charge is 0.263 e. The first-order valence-electron chi connectivity index (χ1n) is 9.38. The van der Waals surface area contributed by atoms with Crippen LogP contribution in [0.5, 0.6) is 0 Å². The van der Waals surface area contributed by atoms with Crippen LogP contribution >= 0.6 is 0 Å². The van der Waals surface area contributed by atoms with Gasteiger partial charge in [0.1, 0.15) is 5.82 Å². The Morgan fingerprint density at radius 1 is 0.967 bits per heavy atom. The van der Waals surface area contributed by atoms with E-state index in [0.29, 0.717) is 23.2 Å². The predicted octanol–water partition coefficient (Wildman–Crippen LogP) is 4.85. The van der Waals surface area contributed by atoms with Crippen molar-refractivity contribution < 1.29 is 12.8 Å². The molecule has 0 aliphatic heterocycles. The topological polar surface area (TPSA) is 64.0 Å². The van der Waals surface area contributed by atoms with Crippen molar-refractivity contribution in [3.63, 3.8) is 0 Å². The first-order valence-corrected chi connectivity index (χ1v) is 10.9. The van der Waals surface area contributed by atoms with Crippen LogP contribution in [-0.4, -0.2) is 18.2 Å². The zero-order valence-electron chi connectivity index (χ0n) is 16.3. The molecule has 5 nitrogen and oxygen atoms in total. The maximum atomic E-state index is 14.2. The molecular weight excluding hydrogens is 401 g/mol. The summed E-state index contributed by atoms with van der Waals surface area (Å²) < 4.78 is 44.1. The van der Waals surface area contributed by atoms with E-state index < -0.39 is 10.0 Å². The van der Waals surface area contributed by atoms with Crippen molar-refractivity contribution in [2.75, 3.05) is 4.72 Å². The molecular formula is C23H20FN3O2S. The molecule has 0 radical (unpaired) electrons. The van der Waals surface area contributed by atoms with Gasteiger partial charge in [0.05, 0.1) is 11.4 Å². The third kappa shape index (κ3) is 4.26. The standard InChI is InChI=1S/C23H20FN3O2S/c1-17-12-13-19(14-22(17)24)21-16-27(15-18-8-4-2-5-9-18)25-23(21)26-30(28,29)20-10-6-3-7-11-20/h2-14,16H,15H2,1H3,(H,25,26). The van der Waals surface area contributed by atoms with E-state index >= 15 is 0 Å². The van der Waals surface area contributed by atoms with E-state index in [4.69, 9.17) is 0 Å². The molecule has 1 heterocycles. The summed E-state index contributed by atoms with van der Waals surface area (Å²) in [4.78, 5) is 0.128. The fraction of sp³-hybridized carbons (Fsp3) is 0.0870. The quantitative estimate of drug-likeness (QED) is 0.484. The summed E-state index contributed by atoms with van der Waals surface area (Å²) in [5.74, 6) is -0.210. The molecule has 0 unspecified atom stereocenters. The van der Waals surface area contributed by atoms with Gasteiger partial charge in [-0.25, -0.2) is 12.8 Å². The van der Waals surface area contributed by atoms with Crippen molar-refractivity contribution in [1.82, 2.24) is 9.78 Å². The highest BCUT2D eigenvalue weighted by atomic mass is 32.2. The van der Waals surface area contributed by atoms with Gasteiger partial charge in [-0.15, -0.1) is 0 Å². The SMILES string of the molecule is Cc1ccc(-c2cn(Cc3ccccc3)nc2NS(=O)(=O)c2ccccc2)cc1F. The fourth-order valence-electron chi connectivity index (χ4n) is 3.11. The van der Waals surface area contributed by atoms with Crippen molar-refractivity contribution in [3.05, 3.63) is 102 Å². The van der Waals surface area contributed by atoms with Crippen molar-refractivity contribution in [2.45, 2.75) is 18.4 Å². The number of anilines is 1. The number of nitrogens with zero attached hydrogens (tertiary/aromatic N) is 2. The van der Waals surface area contributed by atoms with Gasteiger partial charge in [0.15, 0.2) is 5.82 Å². The zero-order valence-corrected chi connectivity index (χ0v) is 17.1. The molecule has 0 aliphatic rings. The van der Waals surface area contributed by atoms with Crippen LogP contribution in [0.4, 0.5) is 10.2 Å². The summed E-state index contributed by atoms with van der Waals surface area (Å²) in [5.41, 5.74) is 2.58. The molecule has 0 saturated carbocycles. The zero-order chi connectivity index (χ0) is 21.1. The maximum Gasteiger partial charge on any atom is 0.263 e. The van der Waals surface area contributed by atoms with Crippen molar-refractivity contribution in [2.24, 2.45) is 0 Å². The molecule has 0 amide bonds. The molecule has 0 atom stereocenters. The largest absolute Gasteiger partial charge is 0.266 e. The van der Waals surface area contributed by atoms with E-state index in [0.717, 1.165) is 5.56 Å². The number of halogens is 1. The number of hydrogen-bond acceptors (Lipinski definition) is 3. The van der Waals surface area contributed by atoms with Crippen molar-refractivity contribution >= 4 is 15.8 Å². The summed E-state index contributed by atoms with van der Waals surface area (Å²) >= 11 is 0. The van der Waals surface area contributed by atoms with E-state index in [1.807, 2.05) is 30.3 Å². The summed E-state index contributed by atoms with van der Waals surface area (Å²) in [6, 6.07) is 22.6. The second-order valence-electron chi connectivity index (χ2n) is 6.96. The average molecular weight is 421 g/mol. The molecule has 3 aromatic carbocycles. The molecule has 4 rings (SSSR count). The Bertz CT molecular complexity index is 1270. The monoisotopic (exact) mass is 421 g/mol. The van der Waals surface area contributed by atoms with Crippen molar-refractivity contribution in [1.29, 1.82) is 0 Å². The summed E-state index contributed by atoms with van der Waals surface area (Å²) in [7, 11) is -3.84. The van der Waals surface area contributed by atoms with Gasteiger partial charge < -0.3 is 0 Å². The third-order valence-corrected chi connectivity index (χ3v) is 6.07. The Morgan fingerprint density at radius 2 is 1.63 bits per heavy atom. The van der Waals surface area contributed by atoms with E-state index in [-0.39, 0.29) is 16.5 Å². The van der Waals surface area contributed by atoms with E-state index in [1.165, 1.54) is 18.2 Å². The number of aryl methyl sites for hydroxylation is 1. The summed E-state index contributed by atoms with van der Waals surface area (Å²) in [6.07, 6.45) is 1.72. The molecule has 0 bridgehead atoms. The highest BCUT2D eigenvalue weighted by Crippen LogP contribution is 2.30.